The van der Waals surface area contributed by atoms with Gasteiger partial charge in [-0.2, -0.15) is 0 Å². The molecule has 0 spiro atoms. The predicted octanol–water partition coefficient (Wildman–Crippen LogP) is 4.92. The molecular formula is C23H20O3. The van der Waals surface area contributed by atoms with Crippen molar-refractivity contribution in [2.45, 2.75) is 26.7 Å². The Morgan fingerprint density at radius 3 is 1.35 bits per heavy atom. The van der Waals surface area contributed by atoms with E-state index in [-0.39, 0.29) is 17.3 Å². The second kappa shape index (κ2) is 7.44. The quantitative estimate of drug-likeness (QED) is 0.584. The van der Waals surface area contributed by atoms with Gasteiger partial charge in [0.1, 0.15) is 0 Å². The predicted molar refractivity (Wildman–Crippen MR) is 103 cm³/mol. The monoisotopic (exact) mass is 344 g/mol. The highest BCUT2D eigenvalue weighted by Gasteiger charge is 2.22. The van der Waals surface area contributed by atoms with Gasteiger partial charge >= 0.3 is 0 Å². The first kappa shape index (κ1) is 17.7. The van der Waals surface area contributed by atoms with Gasteiger partial charge in [0, 0.05) is 22.3 Å². The average molecular weight is 344 g/mol. The normalized spacial score (nSPS) is 17.1. The Bertz CT molecular complexity index is 849. The van der Waals surface area contributed by atoms with Gasteiger partial charge in [-0.15, -0.1) is 0 Å². The van der Waals surface area contributed by atoms with Gasteiger partial charge < -0.3 is 0 Å². The molecule has 0 heterocycles. The number of ketones is 3. The number of carbonyl (C=O) groups is 3. The first-order valence-corrected chi connectivity index (χ1v) is 8.62. The number of benzene rings is 2. The topological polar surface area (TPSA) is 51.2 Å². The van der Waals surface area contributed by atoms with Crippen molar-refractivity contribution >= 4 is 29.5 Å². The molecule has 1 aliphatic rings. The van der Waals surface area contributed by atoms with Crippen LogP contribution in [0.3, 0.4) is 0 Å². The summed E-state index contributed by atoms with van der Waals surface area (Å²) in [7, 11) is 0. The fourth-order valence-electron chi connectivity index (χ4n) is 3.01. The van der Waals surface area contributed by atoms with Gasteiger partial charge in [0.05, 0.1) is 0 Å². The van der Waals surface area contributed by atoms with Crippen molar-refractivity contribution in [2.75, 3.05) is 0 Å². The maximum Gasteiger partial charge on any atom is 0.185 e. The Morgan fingerprint density at radius 2 is 1.04 bits per heavy atom. The van der Waals surface area contributed by atoms with E-state index < -0.39 is 0 Å². The first-order chi connectivity index (χ1) is 12.4. The molecule has 0 saturated heterocycles. The van der Waals surface area contributed by atoms with Crippen molar-refractivity contribution in [3.05, 3.63) is 81.9 Å². The maximum atomic E-state index is 12.6. The van der Waals surface area contributed by atoms with E-state index in [0.717, 1.165) is 22.3 Å². The lowest BCUT2D eigenvalue weighted by Crippen LogP contribution is -1.96. The van der Waals surface area contributed by atoms with Crippen molar-refractivity contribution in [1.29, 1.82) is 0 Å². The van der Waals surface area contributed by atoms with Crippen LogP contribution in [0.5, 0.6) is 0 Å². The van der Waals surface area contributed by atoms with E-state index in [0.29, 0.717) is 24.0 Å². The van der Waals surface area contributed by atoms with E-state index >= 15 is 0 Å². The summed E-state index contributed by atoms with van der Waals surface area (Å²) in [5.74, 6) is 0.126. The number of hydrogen-bond donors (Lipinski definition) is 0. The van der Waals surface area contributed by atoms with Crippen LogP contribution >= 0.6 is 0 Å². The summed E-state index contributed by atoms with van der Waals surface area (Å²) in [6.07, 6.45) is 5.22. The van der Waals surface area contributed by atoms with Crippen LogP contribution in [0.25, 0.3) is 12.2 Å². The summed E-state index contributed by atoms with van der Waals surface area (Å²) in [6.45, 7) is 3.07. The molecule has 0 unspecified atom stereocenters. The van der Waals surface area contributed by atoms with Crippen LogP contribution in [0.1, 0.15) is 58.5 Å². The van der Waals surface area contributed by atoms with E-state index in [1.165, 1.54) is 13.8 Å². The van der Waals surface area contributed by atoms with E-state index in [2.05, 4.69) is 0 Å². The van der Waals surface area contributed by atoms with Gasteiger partial charge in [0.15, 0.2) is 17.3 Å². The third-order valence-electron chi connectivity index (χ3n) is 4.56. The molecule has 1 fully saturated rings. The molecule has 3 heteroatoms. The molecule has 1 saturated carbocycles. The summed E-state index contributed by atoms with van der Waals surface area (Å²) >= 11 is 0. The summed E-state index contributed by atoms with van der Waals surface area (Å²) < 4.78 is 0. The number of rotatable bonds is 4. The lowest BCUT2D eigenvalue weighted by molar-refractivity contribution is -0.111. The highest BCUT2D eigenvalue weighted by atomic mass is 16.1. The molecule has 0 radical (unpaired) electrons. The van der Waals surface area contributed by atoms with Crippen molar-refractivity contribution in [3.63, 3.8) is 0 Å². The second-order valence-corrected chi connectivity index (χ2v) is 6.52. The number of Topliss-reactive ketones (excluding diaryl/α,β-unsaturated/α-hetero) is 3. The van der Waals surface area contributed by atoms with Crippen LogP contribution in [0, 0.1) is 0 Å². The highest BCUT2D eigenvalue weighted by Crippen LogP contribution is 2.29. The zero-order valence-electron chi connectivity index (χ0n) is 14.9. The zero-order chi connectivity index (χ0) is 18.7. The van der Waals surface area contributed by atoms with Crippen LogP contribution in [-0.2, 0) is 4.79 Å². The largest absolute Gasteiger partial charge is 0.295 e. The molecule has 0 amide bonds. The zero-order valence-corrected chi connectivity index (χ0v) is 14.9. The third kappa shape index (κ3) is 3.94. The SMILES string of the molecule is CC(=O)c1ccc(/C=C2/CC/C(=C\c3ccc(C(C)=O)cc3)C2=O)cc1. The molecule has 0 atom stereocenters. The van der Waals surface area contributed by atoms with Crippen molar-refractivity contribution in [3.8, 4) is 0 Å². The Kier molecular flexibility index (Phi) is 5.08. The van der Waals surface area contributed by atoms with Crippen LogP contribution in [-0.4, -0.2) is 17.3 Å². The second-order valence-electron chi connectivity index (χ2n) is 6.52. The van der Waals surface area contributed by atoms with Gasteiger partial charge in [-0.1, -0.05) is 48.5 Å². The molecule has 26 heavy (non-hydrogen) atoms. The minimum absolute atomic E-state index is 0.0298. The van der Waals surface area contributed by atoms with E-state index in [9.17, 15) is 14.4 Å². The van der Waals surface area contributed by atoms with E-state index in [1.54, 1.807) is 24.3 Å². The smallest absolute Gasteiger partial charge is 0.185 e. The number of allylic oxidation sites excluding steroid dienone is 2. The van der Waals surface area contributed by atoms with Gasteiger partial charge in [0.2, 0.25) is 0 Å². The van der Waals surface area contributed by atoms with Gasteiger partial charge in [-0.25, -0.2) is 0 Å². The Hall–Kier alpha value is -3.07. The van der Waals surface area contributed by atoms with Gasteiger partial charge in [0.25, 0.3) is 0 Å². The lowest BCUT2D eigenvalue weighted by Gasteiger charge is -2.00. The molecule has 2 aromatic rings. The van der Waals surface area contributed by atoms with Gasteiger partial charge in [-0.05, 0) is 50.0 Å². The Morgan fingerprint density at radius 1 is 0.692 bits per heavy atom. The van der Waals surface area contributed by atoms with E-state index in [4.69, 9.17) is 0 Å². The Labute approximate surface area is 153 Å². The number of hydrogen-bond acceptors (Lipinski definition) is 3. The first-order valence-electron chi connectivity index (χ1n) is 8.62. The van der Waals surface area contributed by atoms with E-state index in [1.807, 2.05) is 36.4 Å². The molecule has 2 aromatic carbocycles. The molecule has 3 rings (SSSR count). The highest BCUT2D eigenvalue weighted by molar-refractivity contribution is 6.15. The average Bonchev–Trinajstić information content (AvgIpc) is 2.96. The molecule has 1 aliphatic carbocycles. The molecule has 3 nitrogen and oxygen atoms in total. The molecule has 0 aliphatic heterocycles. The molecule has 0 bridgehead atoms. The van der Waals surface area contributed by atoms with Gasteiger partial charge in [-0.3, -0.25) is 14.4 Å². The van der Waals surface area contributed by atoms with Crippen LogP contribution < -0.4 is 0 Å². The minimum Gasteiger partial charge on any atom is -0.295 e. The lowest BCUT2D eigenvalue weighted by atomic mass is 10.0. The van der Waals surface area contributed by atoms with Crippen LogP contribution in [0.4, 0.5) is 0 Å². The number of carbonyl (C=O) groups excluding carboxylic acids is 3. The van der Waals surface area contributed by atoms with Crippen molar-refractivity contribution < 1.29 is 14.4 Å². The summed E-state index contributed by atoms with van der Waals surface area (Å²) in [5, 5.41) is 0. The molecular weight excluding hydrogens is 324 g/mol. The fourth-order valence-corrected chi connectivity index (χ4v) is 3.01. The fraction of sp³-hybridized carbons (Fsp3) is 0.174. The van der Waals surface area contributed by atoms with Crippen molar-refractivity contribution in [1.82, 2.24) is 0 Å². The molecule has 0 N–H and O–H groups in total. The molecule has 0 aromatic heterocycles. The third-order valence-corrected chi connectivity index (χ3v) is 4.56. The Balaban J connectivity index is 1.78. The summed E-state index contributed by atoms with van der Waals surface area (Å²) in [5.41, 5.74) is 4.74. The van der Waals surface area contributed by atoms with Crippen LogP contribution in [0.2, 0.25) is 0 Å². The minimum atomic E-state index is 0.0298. The standard InChI is InChI=1S/C23H20O3/c1-15(24)19-7-3-17(4-8-19)13-21-11-12-22(23(21)26)14-18-5-9-20(10-6-18)16(2)25/h3-10,13-14H,11-12H2,1-2H3/b21-13-,22-14+. The maximum absolute atomic E-state index is 12.6. The summed E-state index contributed by atoms with van der Waals surface area (Å²) in [6, 6.07) is 14.6. The molecule has 130 valence electrons. The van der Waals surface area contributed by atoms with Crippen LogP contribution in [0.15, 0.2) is 59.7 Å². The van der Waals surface area contributed by atoms with Crippen molar-refractivity contribution in [2.24, 2.45) is 0 Å². The summed E-state index contributed by atoms with van der Waals surface area (Å²) in [4.78, 5) is 35.3.